The topological polar surface area (TPSA) is 68.3 Å². The van der Waals surface area contributed by atoms with E-state index in [1.807, 2.05) is 30.3 Å². The average Bonchev–Trinajstić information content (AvgIpc) is 2.74. The van der Waals surface area contributed by atoms with Gasteiger partial charge in [0.15, 0.2) is 5.78 Å². The van der Waals surface area contributed by atoms with Crippen LogP contribution in [0.4, 0.5) is 0 Å². The van der Waals surface area contributed by atoms with Gasteiger partial charge < -0.3 is 10.1 Å². The van der Waals surface area contributed by atoms with Crippen molar-refractivity contribution in [2.75, 3.05) is 6.61 Å². The molecule has 3 unspecified atom stereocenters. The number of aromatic nitrogens is 1. The van der Waals surface area contributed by atoms with Gasteiger partial charge in [0.1, 0.15) is 5.92 Å². The Kier molecular flexibility index (Phi) is 5.30. The summed E-state index contributed by atoms with van der Waals surface area (Å²) in [6.07, 6.45) is 4.50. The van der Waals surface area contributed by atoms with Gasteiger partial charge in [-0.25, -0.2) is 0 Å². The van der Waals surface area contributed by atoms with Gasteiger partial charge in [0.25, 0.3) is 0 Å². The number of rotatable bonds is 4. The van der Waals surface area contributed by atoms with Crippen molar-refractivity contribution in [2.45, 2.75) is 31.6 Å². The molecule has 0 radical (unpaired) electrons. The molecule has 0 bridgehead atoms. The minimum atomic E-state index is -0.645. The number of carbonyl (C=O) groups excluding carboxylic acids is 2. The van der Waals surface area contributed by atoms with Crippen molar-refractivity contribution < 1.29 is 14.3 Å². The van der Waals surface area contributed by atoms with Crippen molar-refractivity contribution in [3.63, 3.8) is 0 Å². The third-order valence-corrected chi connectivity index (χ3v) is 5.72. The Bertz CT molecular complexity index is 966. The van der Waals surface area contributed by atoms with Gasteiger partial charge in [0.05, 0.1) is 6.61 Å². The molecule has 2 heterocycles. The van der Waals surface area contributed by atoms with Crippen LogP contribution in [0.3, 0.4) is 0 Å². The molecule has 148 valence electrons. The number of carbonyl (C=O) groups is 2. The molecule has 4 rings (SSSR count). The van der Waals surface area contributed by atoms with Crippen LogP contribution in [-0.4, -0.2) is 23.3 Å². The summed E-state index contributed by atoms with van der Waals surface area (Å²) in [4.78, 5) is 30.2. The number of hydrogen-bond donors (Lipinski definition) is 1. The summed E-state index contributed by atoms with van der Waals surface area (Å²) < 4.78 is 5.32. The van der Waals surface area contributed by atoms with Crippen LogP contribution in [0.2, 0.25) is 0 Å². The molecule has 1 aliphatic carbocycles. The van der Waals surface area contributed by atoms with E-state index in [0.717, 1.165) is 16.8 Å². The number of nitrogens with zero attached hydrogens (tertiary/aromatic N) is 1. The summed E-state index contributed by atoms with van der Waals surface area (Å²) >= 11 is 0. The van der Waals surface area contributed by atoms with Crippen LogP contribution in [0.15, 0.2) is 78.4 Å². The molecule has 3 atom stereocenters. The highest BCUT2D eigenvalue weighted by Crippen LogP contribution is 2.46. The van der Waals surface area contributed by atoms with Gasteiger partial charge in [0.2, 0.25) is 0 Å². The summed E-state index contributed by atoms with van der Waals surface area (Å²) in [5.41, 5.74) is 4.13. The van der Waals surface area contributed by atoms with Crippen LogP contribution >= 0.6 is 0 Å². The lowest BCUT2D eigenvalue weighted by atomic mass is 9.69. The molecule has 0 saturated heterocycles. The van der Waals surface area contributed by atoms with Crippen molar-refractivity contribution >= 4 is 11.8 Å². The van der Waals surface area contributed by atoms with Crippen LogP contribution in [0.1, 0.15) is 42.7 Å². The number of esters is 1. The van der Waals surface area contributed by atoms with E-state index in [9.17, 15) is 9.59 Å². The molecule has 5 nitrogen and oxygen atoms in total. The Morgan fingerprint density at radius 3 is 2.55 bits per heavy atom. The number of nitrogens with one attached hydrogen (secondary N) is 1. The molecule has 2 aliphatic rings. The van der Waals surface area contributed by atoms with E-state index >= 15 is 0 Å². The molecule has 1 aromatic carbocycles. The average molecular weight is 388 g/mol. The monoisotopic (exact) mass is 388 g/mol. The second-order valence-corrected chi connectivity index (χ2v) is 7.47. The van der Waals surface area contributed by atoms with E-state index in [-0.39, 0.29) is 24.3 Å². The zero-order valence-electron chi connectivity index (χ0n) is 16.4. The maximum atomic E-state index is 13.3. The molecule has 1 aliphatic heterocycles. The van der Waals surface area contributed by atoms with E-state index in [0.29, 0.717) is 24.1 Å². The first kappa shape index (κ1) is 19.1. The second kappa shape index (κ2) is 8.03. The number of ether oxygens (including phenoxy) is 1. The fourth-order valence-corrected chi connectivity index (χ4v) is 4.45. The summed E-state index contributed by atoms with van der Waals surface area (Å²) in [7, 11) is 0. The van der Waals surface area contributed by atoms with Gasteiger partial charge in [-0.2, -0.15) is 0 Å². The maximum Gasteiger partial charge on any atom is 0.315 e. The molecule has 1 aromatic heterocycles. The van der Waals surface area contributed by atoms with Crippen molar-refractivity contribution in [2.24, 2.45) is 5.92 Å². The zero-order chi connectivity index (χ0) is 20.4. The number of Topliss-reactive ketones (excluding diaryl/α,β-unsaturated/α-hetero) is 1. The predicted octanol–water partition coefficient (Wildman–Crippen LogP) is 3.86. The maximum absolute atomic E-state index is 13.3. The highest BCUT2D eigenvalue weighted by molar-refractivity contribution is 6.01. The minimum Gasteiger partial charge on any atom is -0.465 e. The van der Waals surface area contributed by atoms with Crippen LogP contribution in [0, 0.1) is 5.92 Å². The fraction of sp³-hybridized carbons (Fsp3) is 0.292. The molecule has 0 saturated carbocycles. The molecule has 0 spiro atoms. The Morgan fingerprint density at radius 2 is 1.86 bits per heavy atom. The lowest BCUT2D eigenvalue weighted by Gasteiger charge is -2.40. The summed E-state index contributed by atoms with van der Waals surface area (Å²) in [6, 6.07) is 13.8. The summed E-state index contributed by atoms with van der Waals surface area (Å²) in [5, 5.41) is 3.29. The number of pyridine rings is 1. The van der Waals surface area contributed by atoms with Crippen LogP contribution in [-0.2, 0) is 14.3 Å². The number of ketones is 1. The lowest BCUT2D eigenvalue weighted by molar-refractivity contribution is -0.147. The van der Waals surface area contributed by atoms with E-state index in [1.165, 1.54) is 0 Å². The highest BCUT2D eigenvalue weighted by atomic mass is 16.5. The summed E-state index contributed by atoms with van der Waals surface area (Å²) in [6.45, 7) is 6.17. The minimum absolute atomic E-state index is 0.0659. The Morgan fingerprint density at radius 1 is 1.14 bits per heavy atom. The van der Waals surface area contributed by atoms with E-state index in [1.54, 1.807) is 19.3 Å². The molecule has 0 fully saturated rings. The Balaban J connectivity index is 1.78. The molecular weight excluding hydrogens is 364 g/mol. The van der Waals surface area contributed by atoms with Crippen LogP contribution < -0.4 is 5.32 Å². The molecule has 1 N–H and O–H groups in total. The standard InChI is InChI=1S/C24H24N2O3/c1-3-29-24(28)21-15(2)26-19-13-18(16-7-5-4-6-8-16)14-20(27)23(19)22(21)17-9-11-25-12-10-17/h4-12,18,21-22,26H,2-3,13-14H2,1H3. The van der Waals surface area contributed by atoms with Gasteiger partial charge in [-0.3, -0.25) is 14.6 Å². The third kappa shape index (κ3) is 3.60. The Labute approximate surface area is 170 Å². The van der Waals surface area contributed by atoms with E-state index in [2.05, 4.69) is 29.0 Å². The molecule has 2 aromatic rings. The van der Waals surface area contributed by atoms with Crippen LogP contribution in [0.25, 0.3) is 0 Å². The van der Waals surface area contributed by atoms with Gasteiger partial charge in [0, 0.05) is 41.7 Å². The predicted molar refractivity (Wildman–Crippen MR) is 110 cm³/mol. The third-order valence-electron chi connectivity index (χ3n) is 5.72. The molecule has 5 heteroatoms. The second-order valence-electron chi connectivity index (χ2n) is 7.47. The largest absolute Gasteiger partial charge is 0.465 e. The zero-order valence-corrected chi connectivity index (χ0v) is 16.4. The smallest absolute Gasteiger partial charge is 0.315 e. The van der Waals surface area contributed by atoms with Crippen molar-refractivity contribution in [1.82, 2.24) is 10.3 Å². The first-order chi connectivity index (χ1) is 14.1. The van der Waals surface area contributed by atoms with Gasteiger partial charge >= 0.3 is 5.97 Å². The van der Waals surface area contributed by atoms with E-state index in [4.69, 9.17) is 4.74 Å². The van der Waals surface area contributed by atoms with Crippen LogP contribution in [0.5, 0.6) is 0 Å². The normalized spacial score (nSPS) is 24.0. The number of benzene rings is 1. The SMILES string of the molecule is C=C1NC2=C(C(=O)CC(c3ccccc3)C2)C(c2ccncc2)C1C(=O)OCC. The molecular formula is C24H24N2O3. The quantitative estimate of drug-likeness (QED) is 0.806. The first-order valence-electron chi connectivity index (χ1n) is 9.93. The highest BCUT2D eigenvalue weighted by Gasteiger charge is 2.45. The van der Waals surface area contributed by atoms with E-state index < -0.39 is 11.8 Å². The van der Waals surface area contributed by atoms with Gasteiger partial charge in [-0.1, -0.05) is 36.9 Å². The fourth-order valence-electron chi connectivity index (χ4n) is 4.45. The van der Waals surface area contributed by atoms with Crippen molar-refractivity contribution in [3.8, 4) is 0 Å². The van der Waals surface area contributed by atoms with Crippen molar-refractivity contribution in [3.05, 3.63) is 89.5 Å². The Hall–Kier alpha value is -3.21. The van der Waals surface area contributed by atoms with Gasteiger partial charge in [-0.05, 0) is 42.5 Å². The summed E-state index contributed by atoms with van der Waals surface area (Å²) in [5.74, 6) is -1.24. The first-order valence-corrected chi connectivity index (χ1v) is 9.93. The molecule has 0 amide bonds. The van der Waals surface area contributed by atoms with Crippen molar-refractivity contribution in [1.29, 1.82) is 0 Å². The molecule has 29 heavy (non-hydrogen) atoms. The van der Waals surface area contributed by atoms with Gasteiger partial charge in [-0.15, -0.1) is 0 Å². The number of hydrogen-bond acceptors (Lipinski definition) is 5. The number of allylic oxidation sites excluding steroid dienone is 2. The lowest BCUT2D eigenvalue weighted by Crippen LogP contribution is -2.42.